The third kappa shape index (κ3) is 3.25. The summed E-state index contributed by atoms with van der Waals surface area (Å²) in [6, 6.07) is 0. The molecule has 4 heteroatoms. The van der Waals surface area contributed by atoms with Crippen LogP contribution in [0.1, 0.15) is 51.8 Å². The van der Waals surface area contributed by atoms with Gasteiger partial charge in [-0.05, 0) is 24.2 Å². The van der Waals surface area contributed by atoms with Crippen LogP contribution in [0.15, 0.2) is 6.33 Å². The van der Waals surface area contributed by atoms with Gasteiger partial charge >= 0.3 is 0 Å². The number of alkyl halides is 1. The quantitative estimate of drug-likeness (QED) is 0.764. The van der Waals surface area contributed by atoms with E-state index in [9.17, 15) is 0 Å². The first-order chi connectivity index (χ1) is 8.65. The van der Waals surface area contributed by atoms with Gasteiger partial charge in [0, 0.05) is 18.8 Å². The van der Waals surface area contributed by atoms with E-state index in [2.05, 4.69) is 28.6 Å². The van der Waals surface area contributed by atoms with Crippen molar-refractivity contribution in [2.75, 3.05) is 5.88 Å². The Hall–Kier alpha value is -0.570. The molecule has 0 spiro atoms. The first kappa shape index (κ1) is 13.9. The fraction of sp³-hybridized carbons (Fsp3) is 0.857. The third-order valence-electron chi connectivity index (χ3n) is 3.96. The van der Waals surface area contributed by atoms with E-state index >= 15 is 0 Å². The van der Waals surface area contributed by atoms with Crippen molar-refractivity contribution in [3.63, 3.8) is 0 Å². The molecule has 0 atom stereocenters. The molecule has 0 radical (unpaired) electrons. The van der Waals surface area contributed by atoms with Crippen LogP contribution < -0.4 is 0 Å². The Morgan fingerprint density at radius 1 is 1.33 bits per heavy atom. The zero-order chi connectivity index (χ0) is 13.0. The summed E-state index contributed by atoms with van der Waals surface area (Å²) in [5.41, 5.74) is 0.265. The molecule has 18 heavy (non-hydrogen) atoms. The minimum Gasteiger partial charge on any atom is -0.250 e. The average Bonchev–Trinajstić information content (AvgIpc) is 2.77. The van der Waals surface area contributed by atoms with E-state index in [1.807, 2.05) is 0 Å². The van der Waals surface area contributed by atoms with E-state index in [0.29, 0.717) is 5.92 Å². The summed E-state index contributed by atoms with van der Waals surface area (Å²) < 4.78 is 2.06. The van der Waals surface area contributed by atoms with E-state index in [1.54, 1.807) is 6.33 Å². The van der Waals surface area contributed by atoms with E-state index in [4.69, 9.17) is 11.6 Å². The van der Waals surface area contributed by atoms with Crippen LogP contribution in [-0.4, -0.2) is 20.6 Å². The highest BCUT2D eigenvalue weighted by Crippen LogP contribution is 2.39. The molecular formula is C14H24ClN3. The second kappa shape index (κ2) is 6.05. The second-order valence-corrected chi connectivity index (χ2v) is 6.39. The molecule has 0 amide bonds. The number of aromatic nitrogens is 3. The van der Waals surface area contributed by atoms with Crippen molar-refractivity contribution in [2.24, 2.45) is 11.3 Å². The van der Waals surface area contributed by atoms with Gasteiger partial charge in [0.15, 0.2) is 0 Å². The Kier molecular flexibility index (Phi) is 4.66. The molecule has 1 aliphatic rings. The molecule has 0 unspecified atom stereocenters. The fourth-order valence-electron chi connectivity index (χ4n) is 2.92. The lowest BCUT2D eigenvalue weighted by atomic mass is 9.73. The van der Waals surface area contributed by atoms with Gasteiger partial charge in [0.25, 0.3) is 0 Å². The first-order valence-corrected chi connectivity index (χ1v) is 7.61. The van der Waals surface area contributed by atoms with Gasteiger partial charge in [0.1, 0.15) is 12.2 Å². The molecule has 102 valence electrons. The number of halogens is 1. The van der Waals surface area contributed by atoms with Gasteiger partial charge in [0.2, 0.25) is 0 Å². The topological polar surface area (TPSA) is 30.7 Å². The van der Waals surface area contributed by atoms with Gasteiger partial charge < -0.3 is 0 Å². The number of hydrogen-bond donors (Lipinski definition) is 0. The largest absolute Gasteiger partial charge is 0.250 e. The van der Waals surface area contributed by atoms with Crippen LogP contribution in [0.25, 0.3) is 0 Å². The third-order valence-corrected chi connectivity index (χ3v) is 4.53. The van der Waals surface area contributed by atoms with Crippen molar-refractivity contribution >= 4 is 11.6 Å². The van der Waals surface area contributed by atoms with E-state index in [0.717, 1.165) is 24.7 Å². The Morgan fingerprint density at radius 3 is 2.67 bits per heavy atom. The monoisotopic (exact) mass is 269 g/mol. The highest BCUT2D eigenvalue weighted by atomic mass is 35.5. The van der Waals surface area contributed by atoms with Crippen molar-refractivity contribution in [1.29, 1.82) is 0 Å². The molecule has 0 aliphatic heterocycles. The lowest BCUT2D eigenvalue weighted by Crippen LogP contribution is -2.30. The minimum atomic E-state index is 0.265. The van der Waals surface area contributed by atoms with Crippen molar-refractivity contribution < 1.29 is 0 Å². The first-order valence-electron chi connectivity index (χ1n) is 7.08. The zero-order valence-corrected chi connectivity index (χ0v) is 12.3. The van der Waals surface area contributed by atoms with Gasteiger partial charge in [-0.2, -0.15) is 5.10 Å². The van der Waals surface area contributed by atoms with Crippen LogP contribution in [0, 0.1) is 11.3 Å². The number of hydrogen-bond acceptors (Lipinski definition) is 2. The van der Waals surface area contributed by atoms with Crippen molar-refractivity contribution in [1.82, 2.24) is 14.8 Å². The Balaban J connectivity index is 2.09. The Morgan fingerprint density at radius 2 is 2.06 bits per heavy atom. The summed E-state index contributed by atoms with van der Waals surface area (Å²) in [5.74, 6) is 2.47. The van der Waals surface area contributed by atoms with Crippen LogP contribution in [0.5, 0.6) is 0 Å². The van der Waals surface area contributed by atoms with Crippen LogP contribution in [0.4, 0.5) is 0 Å². The summed E-state index contributed by atoms with van der Waals surface area (Å²) in [4.78, 5) is 4.45. The van der Waals surface area contributed by atoms with Gasteiger partial charge in [0.05, 0.1) is 0 Å². The fourth-order valence-corrected chi connectivity index (χ4v) is 3.28. The lowest BCUT2D eigenvalue weighted by molar-refractivity contribution is 0.211. The Bertz CT molecular complexity index is 367. The SMILES string of the molecule is CC(C)Cn1ncnc1CC1(CCl)CCCCC1. The molecular weight excluding hydrogens is 246 g/mol. The van der Waals surface area contributed by atoms with Crippen molar-refractivity contribution in [3.8, 4) is 0 Å². The van der Waals surface area contributed by atoms with Crippen LogP contribution >= 0.6 is 11.6 Å². The molecule has 0 bridgehead atoms. The summed E-state index contributed by atoms with van der Waals surface area (Å²) >= 11 is 6.25. The van der Waals surface area contributed by atoms with Gasteiger partial charge in [-0.15, -0.1) is 11.6 Å². The van der Waals surface area contributed by atoms with Gasteiger partial charge in [-0.3, -0.25) is 0 Å². The molecule has 0 N–H and O–H groups in total. The summed E-state index contributed by atoms with van der Waals surface area (Å²) in [5, 5.41) is 4.35. The molecule has 1 aromatic heterocycles. The number of rotatable bonds is 5. The molecule has 3 nitrogen and oxygen atoms in total. The molecule has 1 aromatic rings. The molecule has 0 aromatic carbocycles. The summed E-state index contributed by atoms with van der Waals surface area (Å²) in [6.45, 7) is 5.38. The van der Waals surface area contributed by atoms with Crippen LogP contribution in [0.3, 0.4) is 0 Å². The molecule has 0 saturated heterocycles. The second-order valence-electron chi connectivity index (χ2n) is 6.12. The maximum Gasteiger partial charge on any atom is 0.138 e. The van der Waals surface area contributed by atoms with Gasteiger partial charge in [-0.25, -0.2) is 9.67 Å². The smallest absolute Gasteiger partial charge is 0.138 e. The predicted octanol–water partition coefficient (Wildman–Crippen LogP) is 3.67. The molecule has 2 rings (SSSR count). The summed E-state index contributed by atoms with van der Waals surface area (Å²) in [6.07, 6.45) is 9.13. The standard InChI is InChI=1S/C14H24ClN3/c1-12(2)9-18-13(16-11-17-18)8-14(10-15)6-4-3-5-7-14/h11-12H,3-10H2,1-2H3. The van der Waals surface area contributed by atoms with Crippen LogP contribution in [0.2, 0.25) is 0 Å². The number of nitrogens with zero attached hydrogens (tertiary/aromatic N) is 3. The average molecular weight is 270 g/mol. The molecule has 1 aliphatic carbocycles. The zero-order valence-electron chi connectivity index (χ0n) is 11.5. The Labute approximate surface area is 115 Å². The maximum absolute atomic E-state index is 6.25. The lowest BCUT2D eigenvalue weighted by Gasteiger charge is -2.35. The highest BCUT2D eigenvalue weighted by Gasteiger charge is 2.33. The molecule has 1 fully saturated rings. The minimum absolute atomic E-state index is 0.265. The van der Waals surface area contributed by atoms with Crippen LogP contribution in [-0.2, 0) is 13.0 Å². The summed E-state index contributed by atoms with van der Waals surface area (Å²) in [7, 11) is 0. The van der Waals surface area contributed by atoms with E-state index in [-0.39, 0.29) is 5.41 Å². The van der Waals surface area contributed by atoms with E-state index in [1.165, 1.54) is 32.1 Å². The normalized spacial score (nSPS) is 19.3. The molecule has 1 heterocycles. The van der Waals surface area contributed by atoms with Crippen molar-refractivity contribution in [3.05, 3.63) is 12.2 Å². The molecule has 1 saturated carbocycles. The predicted molar refractivity (Wildman–Crippen MR) is 74.8 cm³/mol. The van der Waals surface area contributed by atoms with Crippen molar-refractivity contribution in [2.45, 2.75) is 58.9 Å². The van der Waals surface area contributed by atoms with Gasteiger partial charge in [-0.1, -0.05) is 33.1 Å². The highest BCUT2D eigenvalue weighted by molar-refractivity contribution is 6.18. The van der Waals surface area contributed by atoms with E-state index < -0.39 is 0 Å². The maximum atomic E-state index is 6.25.